The number of fused-ring (bicyclic) bond motifs is 1. The number of anilines is 1. The van der Waals surface area contributed by atoms with Gasteiger partial charge < -0.3 is 10.2 Å². The van der Waals surface area contributed by atoms with E-state index in [9.17, 15) is 4.79 Å². The van der Waals surface area contributed by atoms with Crippen LogP contribution in [0.5, 0.6) is 0 Å². The normalized spacial score (nSPS) is 15.0. The number of aromatic nitrogens is 4. The fourth-order valence-corrected chi connectivity index (χ4v) is 4.83. The molecule has 0 aliphatic carbocycles. The summed E-state index contributed by atoms with van der Waals surface area (Å²) in [5.74, 6) is 2.24. The second kappa shape index (κ2) is 11.6. The average Bonchev–Trinajstić information content (AvgIpc) is 3.27. The average molecular weight is 478 g/mol. The minimum atomic E-state index is 0.0689. The number of nitrogens with zero attached hydrogens (tertiary/aromatic N) is 6. The topological polar surface area (TPSA) is 78.7 Å². The molecule has 0 atom stereocenters. The maximum absolute atomic E-state index is 12.6. The van der Waals surface area contributed by atoms with Gasteiger partial charge in [-0.3, -0.25) is 9.69 Å². The van der Waals surface area contributed by atoms with Crippen molar-refractivity contribution in [3.8, 4) is 0 Å². The Bertz CT molecular complexity index is 1130. The Labute approximate surface area is 208 Å². The van der Waals surface area contributed by atoms with E-state index < -0.39 is 0 Å². The Hall–Kier alpha value is -3.00. The van der Waals surface area contributed by atoms with Gasteiger partial charge >= 0.3 is 0 Å². The summed E-state index contributed by atoms with van der Waals surface area (Å²) in [5, 5.41) is 16.3. The summed E-state index contributed by atoms with van der Waals surface area (Å²) in [6, 6.07) is 10.6. The molecule has 188 valence electrons. The Kier molecular flexibility index (Phi) is 8.33. The smallest absolute Gasteiger partial charge is 0.220 e. The molecular formula is C27H39N7O. The zero-order valence-corrected chi connectivity index (χ0v) is 21.6. The summed E-state index contributed by atoms with van der Waals surface area (Å²) in [6.45, 7) is 14.3. The van der Waals surface area contributed by atoms with Gasteiger partial charge in [0.15, 0.2) is 11.5 Å². The van der Waals surface area contributed by atoms with Crippen LogP contribution in [-0.2, 0) is 17.8 Å². The molecule has 1 fully saturated rings. The van der Waals surface area contributed by atoms with Gasteiger partial charge in [0.2, 0.25) is 5.91 Å². The van der Waals surface area contributed by atoms with Crippen molar-refractivity contribution >= 4 is 17.4 Å². The van der Waals surface area contributed by atoms with Crippen molar-refractivity contribution < 1.29 is 4.79 Å². The fraction of sp³-hybridized carbons (Fsp3) is 0.556. The van der Waals surface area contributed by atoms with E-state index >= 15 is 0 Å². The molecule has 1 N–H and O–H groups in total. The lowest BCUT2D eigenvalue weighted by atomic mass is 9.95. The molecule has 4 rings (SSSR count). The summed E-state index contributed by atoms with van der Waals surface area (Å²) in [4.78, 5) is 17.3. The molecular weight excluding hydrogens is 438 g/mol. The van der Waals surface area contributed by atoms with Gasteiger partial charge in [0, 0.05) is 39.0 Å². The lowest BCUT2D eigenvalue weighted by Crippen LogP contribution is -2.38. The minimum absolute atomic E-state index is 0.0689. The zero-order valence-electron chi connectivity index (χ0n) is 21.6. The van der Waals surface area contributed by atoms with Crippen LogP contribution in [0, 0.1) is 19.8 Å². The first-order chi connectivity index (χ1) is 17.0. The van der Waals surface area contributed by atoms with Crippen molar-refractivity contribution in [3.05, 3.63) is 52.8 Å². The standard InChI is InChI=1S/C27H39N7O/c1-5-33(6-2)26-10-9-24-29-30-25(34(24)31-26)11-12-27(35)28-18-22-13-15-32(16-14-22)19-23-17-20(3)7-8-21(23)4/h7-10,17,22H,5-6,11-16,18-19H2,1-4H3,(H,28,35). The highest BCUT2D eigenvalue weighted by Gasteiger charge is 2.20. The summed E-state index contributed by atoms with van der Waals surface area (Å²) in [5.41, 5.74) is 4.83. The zero-order chi connectivity index (χ0) is 24.8. The quantitative estimate of drug-likeness (QED) is 0.481. The van der Waals surface area contributed by atoms with Crippen LogP contribution in [0.25, 0.3) is 5.65 Å². The van der Waals surface area contributed by atoms with Gasteiger partial charge in [-0.25, -0.2) is 0 Å². The Morgan fingerprint density at radius 2 is 1.86 bits per heavy atom. The Balaban J connectivity index is 1.22. The second-order valence-electron chi connectivity index (χ2n) is 9.70. The molecule has 35 heavy (non-hydrogen) atoms. The van der Waals surface area contributed by atoms with Crippen molar-refractivity contribution in [1.29, 1.82) is 0 Å². The molecule has 8 heteroatoms. The third-order valence-electron chi connectivity index (χ3n) is 7.17. The van der Waals surface area contributed by atoms with Gasteiger partial charge in [-0.1, -0.05) is 23.8 Å². The molecule has 0 bridgehead atoms. The molecule has 0 saturated carbocycles. The number of amides is 1. The van der Waals surface area contributed by atoms with E-state index in [0.29, 0.717) is 24.4 Å². The van der Waals surface area contributed by atoms with E-state index in [1.165, 1.54) is 16.7 Å². The molecule has 0 unspecified atom stereocenters. The summed E-state index contributed by atoms with van der Waals surface area (Å²) < 4.78 is 1.77. The molecule has 1 aromatic carbocycles. The summed E-state index contributed by atoms with van der Waals surface area (Å²) in [7, 11) is 0. The summed E-state index contributed by atoms with van der Waals surface area (Å²) in [6.07, 6.45) is 3.16. The van der Waals surface area contributed by atoms with Gasteiger partial charge in [-0.05, 0) is 82.8 Å². The maximum atomic E-state index is 12.6. The van der Waals surface area contributed by atoms with E-state index in [1.54, 1.807) is 4.52 Å². The van der Waals surface area contributed by atoms with Gasteiger partial charge in [0.25, 0.3) is 0 Å². The number of likely N-dealkylation sites (tertiary alicyclic amines) is 1. The van der Waals surface area contributed by atoms with Gasteiger partial charge in [-0.2, -0.15) is 4.52 Å². The number of carbonyl (C=O) groups excluding carboxylic acids is 1. The van der Waals surface area contributed by atoms with E-state index in [4.69, 9.17) is 5.10 Å². The Morgan fingerprint density at radius 3 is 2.60 bits per heavy atom. The monoisotopic (exact) mass is 477 g/mol. The van der Waals surface area contributed by atoms with Crippen LogP contribution in [0.3, 0.4) is 0 Å². The fourth-order valence-electron chi connectivity index (χ4n) is 4.83. The predicted molar refractivity (Wildman–Crippen MR) is 140 cm³/mol. The van der Waals surface area contributed by atoms with Crippen LogP contribution in [-0.4, -0.2) is 63.3 Å². The number of nitrogens with one attached hydrogen (secondary N) is 1. The maximum Gasteiger partial charge on any atom is 0.220 e. The van der Waals surface area contributed by atoms with Crippen molar-refractivity contribution in [2.75, 3.05) is 37.6 Å². The highest BCUT2D eigenvalue weighted by molar-refractivity contribution is 5.76. The predicted octanol–water partition coefficient (Wildman–Crippen LogP) is 3.55. The van der Waals surface area contributed by atoms with Crippen molar-refractivity contribution in [2.45, 2.75) is 59.9 Å². The van der Waals surface area contributed by atoms with Crippen LogP contribution in [0.15, 0.2) is 30.3 Å². The second-order valence-corrected chi connectivity index (χ2v) is 9.70. The van der Waals surface area contributed by atoms with E-state index in [2.05, 4.69) is 71.2 Å². The Morgan fingerprint density at radius 1 is 1.09 bits per heavy atom. The molecule has 1 aliphatic rings. The minimum Gasteiger partial charge on any atom is -0.356 e. The van der Waals surface area contributed by atoms with Gasteiger partial charge in [0.05, 0.1) is 0 Å². The largest absolute Gasteiger partial charge is 0.356 e. The molecule has 0 spiro atoms. The van der Waals surface area contributed by atoms with Gasteiger partial charge in [-0.15, -0.1) is 15.3 Å². The summed E-state index contributed by atoms with van der Waals surface area (Å²) >= 11 is 0. The number of hydrogen-bond donors (Lipinski definition) is 1. The molecule has 3 aromatic rings. The van der Waals surface area contributed by atoms with Crippen LogP contribution in [0.2, 0.25) is 0 Å². The van der Waals surface area contributed by atoms with E-state index in [-0.39, 0.29) is 5.91 Å². The highest BCUT2D eigenvalue weighted by Crippen LogP contribution is 2.20. The number of benzene rings is 1. The van der Waals surface area contributed by atoms with Crippen LogP contribution < -0.4 is 10.2 Å². The molecule has 1 saturated heterocycles. The lowest BCUT2D eigenvalue weighted by molar-refractivity contribution is -0.121. The van der Waals surface area contributed by atoms with Crippen molar-refractivity contribution in [1.82, 2.24) is 30.0 Å². The number of carbonyl (C=O) groups is 1. The van der Waals surface area contributed by atoms with E-state index in [0.717, 1.165) is 63.8 Å². The van der Waals surface area contributed by atoms with Crippen LogP contribution in [0.1, 0.15) is 55.6 Å². The molecule has 3 heterocycles. The van der Waals surface area contributed by atoms with Crippen LogP contribution >= 0.6 is 0 Å². The molecule has 1 aliphatic heterocycles. The lowest BCUT2D eigenvalue weighted by Gasteiger charge is -2.32. The molecule has 0 radical (unpaired) electrons. The molecule has 2 aromatic heterocycles. The number of piperidine rings is 1. The number of hydrogen-bond acceptors (Lipinski definition) is 6. The first-order valence-electron chi connectivity index (χ1n) is 13.0. The third-order valence-corrected chi connectivity index (χ3v) is 7.17. The number of aryl methyl sites for hydroxylation is 3. The van der Waals surface area contributed by atoms with Gasteiger partial charge in [0.1, 0.15) is 5.82 Å². The van der Waals surface area contributed by atoms with Crippen LogP contribution in [0.4, 0.5) is 5.82 Å². The first-order valence-corrected chi connectivity index (χ1v) is 13.0. The molecule has 8 nitrogen and oxygen atoms in total. The van der Waals surface area contributed by atoms with Crippen molar-refractivity contribution in [2.24, 2.45) is 5.92 Å². The highest BCUT2D eigenvalue weighted by atomic mass is 16.1. The van der Waals surface area contributed by atoms with E-state index in [1.807, 2.05) is 12.1 Å². The van der Waals surface area contributed by atoms with Crippen molar-refractivity contribution in [3.63, 3.8) is 0 Å². The molecule has 1 amide bonds. The SMILES string of the molecule is CCN(CC)c1ccc2nnc(CCC(=O)NCC3CCN(Cc4cc(C)ccc4C)CC3)n2n1. The third kappa shape index (κ3) is 6.36. The first kappa shape index (κ1) is 25.1. The number of rotatable bonds is 10.